The van der Waals surface area contributed by atoms with Gasteiger partial charge in [-0.05, 0) is 66.9 Å². The molecule has 5 rings (SSSR count). The van der Waals surface area contributed by atoms with Crippen molar-refractivity contribution in [3.63, 3.8) is 0 Å². The molecular weight excluding hydrogens is 681 g/mol. The van der Waals surface area contributed by atoms with Gasteiger partial charge in [0.2, 0.25) is 0 Å². The number of aromatic nitrogens is 1. The van der Waals surface area contributed by atoms with Crippen LogP contribution < -0.4 is 15.6 Å². The first kappa shape index (κ1) is 35.8. The van der Waals surface area contributed by atoms with Crippen LogP contribution in [-0.4, -0.2) is 39.3 Å². The number of benzene rings is 3. The molecule has 0 radical (unpaired) electrons. The molecule has 4 aromatic rings. The molecule has 49 heavy (non-hydrogen) atoms. The lowest BCUT2D eigenvalue weighted by molar-refractivity contribution is -0.138. The number of aliphatic carboxylic acids is 1. The van der Waals surface area contributed by atoms with Crippen molar-refractivity contribution in [2.24, 2.45) is 0 Å². The molecule has 260 valence electrons. The van der Waals surface area contributed by atoms with E-state index in [0.717, 1.165) is 28.8 Å². The molecule has 3 atom stereocenters. The SMILES string of the molecule is COc1cccc(-c2c(C)c(Cc3c(F)cccc3C(F)(F)F)c3n(c2=O)C(C(NCCCC(=O)O)c2cc(F)cc(F)c2)CS3=O)c1F. The first-order valence-electron chi connectivity index (χ1n) is 14.9. The Morgan fingerprint density at radius 3 is 2.37 bits per heavy atom. The second kappa shape index (κ2) is 14.2. The minimum atomic E-state index is -4.99. The van der Waals surface area contributed by atoms with Gasteiger partial charge in [-0.2, -0.15) is 13.2 Å². The highest BCUT2D eigenvalue weighted by Gasteiger charge is 2.41. The zero-order valence-electron chi connectivity index (χ0n) is 26.0. The van der Waals surface area contributed by atoms with Gasteiger partial charge in [0.25, 0.3) is 5.56 Å². The highest BCUT2D eigenvalue weighted by Crippen LogP contribution is 2.42. The molecule has 1 aliphatic heterocycles. The Labute approximate surface area is 277 Å². The third-order valence-electron chi connectivity index (χ3n) is 8.40. The normalized spacial score (nSPS) is 16.4. The number of alkyl halides is 3. The molecule has 15 heteroatoms. The van der Waals surface area contributed by atoms with Gasteiger partial charge in [-0.3, -0.25) is 18.4 Å². The van der Waals surface area contributed by atoms with E-state index in [2.05, 4.69) is 5.32 Å². The number of hydrogen-bond acceptors (Lipinski definition) is 5. The molecule has 0 fully saturated rings. The number of halogens is 7. The van der Waals surface area contributed by atoms with Crippen LogP contribution in [0.4, 0.5) is 30.7 Å². The van der Waals surface area contributed by atoms with Crippen LogP contribution in [0, 0.1) is 30.2 Å². The lowest BCUT2D eigenvalue weighted by Crippen LogP contribution is -2.36. The van der Waals surface area contributed by atoms with Crippen LogP contribution in [0.25, 0.3) is 11.1 Å². The first-order chi connectivity index (χ1) is 23.1. The van der Waals surface area contributed by atoms with E-state index in [4.69, 9.17) is 9.84 Å². The molecule has 2 heterocycles. The fourth-order valence-electron chi connectivity index (χ4n) is 6.23. The third-order valence-corrected chi connectivity index (χ3v) is 9.92. The van der Waals surface area contributed by atoms with Crippen molar-refractivity contribution in [2.45, 2.75) is 49.5 Å². The summed E-state index contributed by atoms with van der Waals surface area (Å²) in [7, 11) is -0.959. The molecule has 0 bridgehead atoms. The van der Waals surface area contributed by atoms with E-state index < -0.39 is 81.4 Å². The first-order valence-corrected chi connectivity index (χ1v) is 16.2. The highest BCUT2D eigenvalue weighted by molar-refractivity contribution is 7.85. The number of pyridine rings is 1. The molecule has 7 nitrogen and oxygen atoms in total. The van der Waals surface area contributed by atoms with Crippen LogP contribution in [0.3, 0.4) is 0 Å². The van der Waals surface area contributed by atoms with Gasteiger partial charge in [0.15, 0.2) is 11.6 Å². The van der Waals surface area contributed by atoms with Gasteiger partial charge >= 0.3 is 12.1 Å². The number of hydrogen-bond donors (Lipinski definition) is 2. The standard InChI is InChI=1S/C34H29F7N2O5S/c1-17-22(15-23-24(34(39,40)41)7-4-8-25(23)37)33-43(32(46)29(17)21-6-3-9-27(48-2)30(21)38)26(16-49(33)47)31(42-11-5-10-28(44)45)18-12-19(35)14-20(36)13-18/h3-4,6-9,12-14,26,31,42H,5,10-11,15-16H2,1-2H3,(H,44,45). The zero-order chi connectivity index (χ0) is 35.8. The number of carbonyl (C=O) groups is 1. The summed E-state index contributed by atoms with van der Waals surface area (Å²) in [5.41, 5.74) is -3.90. The van der Waals surface area contributed by atoms with Gasteiger partial charge in [-0.1, -0.05) is 18.2 Å². The lowest BCUT2D eigenvalue weighted by atomic mass is 9.91. The quantitative estimate of drug-likeness (QED) is 0.131. The van der Waals surface area contributed by atoms with Crippen molar-refractivity contribution in [1.82, 2.24) is 9.88 Å². The van der Waals surface area contributed by atoms with Crippen LogP contribution in [-0.2, 0) is 28.2 Å². The maximum Gasteiger partial charge on any atom is 0.416 e. The Hall–Kier alpha value is -4.50. The molecule has 0 amide bonds. The second-order valence-electron chi connectivity index (χ2n) is 11.4. The minimum absolute atomic E-state index is 0.0391. The Balaban J connectivity index is 1.81. The van der Waals surface area contributed by atoms with Crippen LogP contribution in [0.5, 0.6) is 5.75 Å². The van der Waals surface area contributed by atoms with Gasteiger partial charge in [0.1, 0.15) is 22.5 Å². The predicted molar refractivity (Wildman–Crippen MR) is 166 cm³/mol. The van der Waals surface area contributed by atoms with Crippen molar-refractivity contribution in [3.05, 3.63) is 116 Å². The molecular formula is C34H29F7N2O5S. The van der Waals surface area contributed by atoms with E-state index in [-0.39, 0.29) is 63.7 Å². The molecule has 2 N–H and O–H groups in total. The van der Waals surface area contributed by atoms with E-state index in [9.17, 15) is 35.8 Å². The summed E-state index contributed by atoms with van der Waals surface area (Å²) >= 11 is 0. The van der Waals surface area contributed by atoms with Crippen molar-refractivity contribution >= 4 is 16.8 Å². The molecule has 0 saturated heterocycles. The summed E-state index contributed by atoms with van der Waals surface area (Å²) in [4.78, 5) is 25.6. The smallest absolute Gasteiger partial charge is 0.416 e. The van der Waals surface area contributed by atoms with Crippen LogP contribution >= 0.6 is 0 Å². The number of nitrogens with zero attached hydrogens (tertiary/aromatic N) is 1. The Bertz CT molecular complexity index is 1990. The summed E-state index contributed by atoms with van der Waals surface area (Å²) < 4.78 is 122. The van der Waals surface area contributed by atoms with Gasteiger partial charge in [0.05, 0.1) is 46.9 Å². The third kappa shape index (κ3) is 7.13. The molecule has 0 aliphatic carbocycles. The summed E-state index contributed by atoms with van der Waals surface area (Å²) in [6.07, 6.45) is -6.02. The maximum absolute atomic E-state index is 15.8. The number of carboxylic acid groups (broad SMARTS) is 1. The summed E-state index contributed by atoms with van der Waals surface area (Å²) in [5.74, 6) is -5.93. The van der Waals surface area contributed by atoms with Crippen LogP contribution in [0.2, 0.25) is 0 Å². The second-order valence-corrected chi connectivity index (χ2v) is 12.8. The highest BCUT2D eigenvalue weighted by atomic mass is 32.2. The Morgan fingerprint density at radius 2 is 1.73 bits per heavy atom. The topological polar surface area (TPSA) is 97.6 Å². The number of ether oxygens (including phenoxy) is 1. The average Bonchev–Trinajstić information content (AvgIpc) is 3.36. The average molecular weight is 711 g/mol. The lowest BCUT2D eigenvalue weighted by Gasteiger charge is -2.28. The van der Waals surface area contributed by atoms with E-state index in [1.165, 1.54) is 32.2 Å². The van der Waals surface area contributed by atoms with E-state index in [0.29, 0.717) is 12.1 Å². The number of nitrogens with one attached hydrogen (secondary N) is 1. The maximum atomic E-state index is 15.8. The number of fused-ring (bicyclic) bond motifs is 1. The summed E-state index contributed by atoms with van der Waals surface area (Å²) in [6.45, 7) is 1.29. The Kier molecular flexibility index (Phi) is 10.3. The number of rotatable bonds is 11. The molecule has 3 unspecified atom stereocenters. The fraction of sp³-hybridized carbons (Fsp3) is 0.294. The Morgan fingerprint density at radius 1 is 1.06 bits per heavy atom. The molecule has 1 aliphatic rings. The summed E-state index contributed by atoms with van der Waals surface area (Å²) in [6, 6.07) is 6.42. The van der Waals surface area contributed by atoms with E-state index in [1.807, 2.05) is 0 Å². The van der Waals surface area contributed by atoms with E-state index in [1.54, 1.807) is 0 Å². The van der Waals surface area contributed by atoms with Crippen molar-refractivity contribution < 1.29 is 49.6 Å². The molecule has 0 spiro atoms. The largest absolute Gasteiger partial charge is 0.494 e. The van der Waals surface area contributed by atoms with Crippen molar-refractivity contribution in [1.29, 1.82) is 0 Å². The van der Waals surface area contributed by atoms with Gasteiger partial charge in [0, 0.05) is 30.0 Å². The molecule has 3 aromatic carbocycles. The number of methoxy groups -OCH3 is 1. The van der Waals surface area contributed by atoms with Gasteiger partial charge < -0.3 is 15.2 Å². The van der Waals surface area contributed by atoms with Gasteiger partial charge in [-0.15, -0.1) is 0 Å². The monoisotopic (exact) mass is 710 g/mol. The van der Waals surface area contributed by atoms with Crippen molar-refractivity contribution in [2.75, 3.05) is 19.4 Å². The van der Waals surface area contributed by atoms with Crippen LogP contribution in [0.1, 0.15) is 52.7 Å². The molecule has 0 saturated carbocycles. The fourth-order valence-corrected chi connectivity index (χ4v) is 7.97. The number of carboxylic acids is 1. The minimum Gasteiger partial charge on any atom is -0.494 e. The van der Waals surface area contributed by atoms with E-state index >= 15 is 8.78 Å². The predicted octanol–water partition coefficient (Wildman–Crippen LogP) is 6.86. The van der Waals surface area contributed by atoms with Crippen molar-refractivity contribution in [3.8, 4) is 16.9 Å². The zero-order valence-corrected chi connectivity index (χ0v) is 26.8. The summed E-state index contributed by atoms with van der Waals surface area (Å²) in [5, 5.41) is 11.8. The van der Waals surface area contributed by atoms with Crippen LogP contribution in [0.15, 0.2) is 64.4 Å². The molecule has 1 aromatic heterocycles. The van der Waals surface area contributed by atoms with Gasteiger partial charge in [-0.25, -0.2) is 17.6 Å².